The first-order valence-electron chi connectivity index (χ1n) is 6.57. The standard InChI is InChI=1S/C16H15F2NO/c1-19-9-12-7-11-6-10(8-15(18)16(11)20-12)13-4-2-3-5-14(13)17/h2-6,8,12,19H,7,9H2,1H3. The molecule has 2 aromatic carbocycles. The van der Waals surface area contributed by atoms with Gasteiger partial charge in [-0.2, -0.15) is 0 Å². The third-order valence-corrected chi connectivity index (χ3v) is 3.47. The second kappa shape index (κ2) is 5.21. The van der Waals surface area contributed by atoms with Crippen LogP contribution in [0, 0.1) is 11.6 Å². The molecule has 4 heteroatoms. The van der Waals surface area contributed by atoms with Gasteiger partial charge in [-0.25, -0.2) is 8.78 Å². The Labute approximate surface area is 116 Å². The fourth-order valence-corrected chi connectivity index (χ4v) is 2.58. The quantitative estimate of drug-likeness (QED) is 0.929. The molecule has 0 saturated carbocycles. The fraction of sp³-hybridized carbons (Fsp3) is 0.250. The van der Waals surface area contributed by atoms with E-state index in [9.17, 15) is 8.78 Å². The summed E-state index contributed by atoms with van der Waals surface area (Å²) in [7, 11) is 1.83. The molecule has 104 valence electrons. The summed E-state index contributed by atoms with van der Waals surface area (Å²) >= 11 is 0. The summed E-state index contributed by atoms with van der Waals surface area (Å²) in [6.07, 6.45) is 0.565. The summed E-state index contributed by atoms with van der Waals surface area (Å²) < 4.78 is 33.5. The van der Waals surface area contributed by atoms with Gasteiger partial charge in [0.2, 0.25) is 0 Å². The molecule has 0 bridgehead atoms. The van der Waals surface area contributed by atoms with Crippen LogP contribution in [0.1, 0.15) is 5.56 Å². The summed E-state index contributed by atoms with van der Waals surface area (Å²) in [4.78, 5) is 0. The average molecular weight is 275 g/mol. The molecule has 20 heavy (non-hydrogen) atoms. The summed E-state index contributed by atoms with van der Waals surface area (Å²) in [5.74, 6) is -0.484. The van der Waals surface area contributed by atoms with E-state index in [1.807, 2.05) is 13.1 Å². The number of hydrogen-bond donors (Lipinski definition) is 1. The molecule has 1 unspecified atom stereocenters. The number of benzene rings is 2. The maximum Gasteiger partial charge on any atom is 0.165 e. The van der Waals surface area contributed by atoms with E-state index in [-0.39, 0.29) is 11.9 Å². The van der Waals surface area contributed by atoms with Crippen molar-refractivity contribution >= 4 is 0 Å². The predicted molar refractivity (Wildman–Crippen MR) is 73.8 cm³/mol. The lowest BCUT2D eigenvalue weighted by atomic mass is 10.00. The number of halogens is 2. The molecule has 0 spiro atoms. The molecule has 2 aromatic rings. The molecule has 0 aromatic heterocycles. The maximum absolute atomic E-state index is 14.1. The van der Waals surface area contributed by atoms with Crippen LogP contribution >= 0.6 is 0 Å². The SMILES string of the molecule is CNCC1Cc2cc(-c3ccccc3F)cc(F)c2O1. The van der Waals surface area contributed by atoms with Gasteiger partial charge in [0, 0.05) is 24.1 Å². The van der Waals surface area contributed by atoms with Crippen molar-refractivity contribution in [2.45, 2.75) is 12.5 Å². The van der Waals surface area contributed by atoms with Gasteiger partial charge in [0.05, 0.1) is 0 Å². The first-order chi connectivity index (χ1) is 9.69. The molecule has 0 radical (unpaired) electrons. The Morgan fingerprint density at radius 2 is 2.00 bits per heavy atom. The van der Waals surface area contributed by atoms with Gasteiger partial charge in [-0.15, -0.1) is 0 Å². The maximum atomic E-state index is 14.1. The van der Waals surface area contributed by atoms with Crippen molar-refractivity contribution < 1.29 is 13.5 Å². The Morgan fingerprint density at radius 3 is 2.75 bits per heavy atom. The van der Waals surface area contributed by atoms with Crippen LogP contribution in [0.5, 0.6) is 5.75 Å². The second-order valence-corrected chi connectivity index (χ2v) is 4.93. The molecule has 1 aliphatic rings. The van der Waals surface area contributed by atoms with Crippen molar-refractivity contribution in [3.05, 3.63) is 53.6 Å². The number of rotatable bonds is 3. The van der Waals surface area contributed by atoms with Gasteiger partial charge in [0.15, 0.2) is 11.6 Å². The van der Waals surface area contributed by atoms with Crippen LogP contribution in [0.3, 0.4) is 0 Å². The van der Waals surface area contributed by atoms with Gasteiger partial charge in [-0.05, 0) is 30.8 Å². The van der Waals surface area contributed by atoms with Crippen molar-refractivity contribution in [2.24, 2.45) is 0 Å². The van der Waals surface area contributed by atoms with Crippen molar-refractivity contribution in [1.82, 2.24) is 5.32 Å². The van der Waals surface area contributed by atoms with Crippen molar-refractivity contribution in [2.75, 3.05) is 13.6 Å². The van der Waals surface area contributed by atoms with Gasteiger partial charge in [-0.3, -0.25) is 0 Å². The lowest BCUT2D eigenvalue weighted by molar-refractivity contribution is 0.223. The third-order valence-electron chi connectivity index (χ3n) is 3.47. The molecule has 1 aliphatic heterocycles. The zero-order valence-electron chi connectivity index (χ0n) is 11.1. The molecule has 0 saturated heterocycles. The van der Waals surface area contributed by atoms with E-state index in [4.69, 9.17) is 4.74 Å². The van der Waals surface area contributed by atoms with E-state index in [1.165, 1.54) is 12.1 Å². The molecular weight excluding hydrogens is 260 g/mol. The smallest absolute Gasteiger partial charge is 0.165 e. The Bertz CT molecular complexity index is 642. The monoisotopic (exact) mass is 275 g/mol. The van der Waals surface area contributed by atoms with Crippen LogP contribution in [0.15, 0.2) is 36.4 Å². The number of likely N-dealkylation sites (N-methyl/N-ethyl adjacent to an activating group) is 1. The highest BCUT2D eigenvalue weighted by molar-refractivity contribution is 5.67. The topological polar surface area (TPSA) is 21.3 Å². The Kier molecular flexibility index (Phi) is 3.40. The minimum absolute atomic E-state index is 0.0691. The highest BCUT2D eigenvalue weighted by Crippen LogP contribution is 2.36. The van der Waals surface area contributed by atoms with E-state index in [0.29, 0.717) is 29.8 Å². The number of ether oxygens (including phenoxy) is 1. The lowest BCUT2D eigenvalue weighted by Gasteiger charge is -2.09. The van der Waals surface area contributed by atoms with Gasteiger partial charge < -0.3 is 10.1 Å². The minimum atomic E-state index is -0.431. The van der Waals surface area contributed by atoms with E-state index in [2.05, 4.69) is 5.32 Å². The fourth-order valence-electron chi connectivity index (χ4n) is 2.58. The molecule has 0 amide bonds. The lowest BCUT2D eigenvalue weighted by Crippen LogP contribution is -2.27. The zero-order chi connectivity index (χ0) is 14.1. The summed E-state index contributed by atoms with van der Waals surface area (Å²) in [5.41, 5.74) is 1.75. The average Bonchev–Trinajstić information content (AvgIpc) is 2.83. The molecule has 0 fully saturated rings. The van der Waals surface area contributed by atoms with Crippen molar-refractivity contribution in [3.63, 3.8) is 0 Å². The Morgan fingerprint density at radius 1 is 1.20 bits per heavy atom. The predicted octanol–water partition coefficient (Wildman–Crippen LogP) is 3.15. The van der Waals surface area contributed by atoms with Crippen LogP contribution in [-0.2, 0) is 6.42 Å². The van der Waals surface area contributed by atoms with Gasteiger partial charge >= 0.3 is 0 Å². The molecule has 1 atom stereocenters. The largest absolute Gasteiger partial charge is 0.485 e. The van der Waals surface area contributed by atoms with Gasteiger partial charge in [0.25, 0.3) is 0 Å². The van der Waals surface area contributed by atoms with Crippen LogP contribution in [0.25, 0.3) is 11.1 Å². The van der Waals surface area contributed by atoms with E-state index >= 15 is 0 Å². The minimum Gasteiger partial charge on any atom is -0.485 e. The number of hydrogen-bond acceptors (Lipinski definition) is 2. The second-order valence-electron chi connectivity index (χ2n) is 4.93. The Hall–Kier alpha value is -1.94. The van der Waals surface area contributed by atoms with Crippen LogP contribution in [0.2, 0.25) is 0 Å². The molecule has 2 nitrogen and oxygen atoms in total. The molecule has 1 N–H and O–H groups in total. The van der Waals surface area contributed by atoms with Crippen LogP contribution in [-0.4, -0.2) is 19.7 Å². The normalized spacial score (nSPS) is 16.9. The van der Waals surface area contributed by atoms with E-state index < -0.39 is 5.82 Å². The van der Waals surface area contributed by atoms with Gasteiger partial charge in [-0.1, -0.05) is 18.2 Å². The van der Waals surface area contributed by atoms with Crippen molar-refractivity contribution in [3.8, 4) is 16.9 Å². The van der Waals surface area contributed by atoms with Crippen LogP contribution in [0.4, 0.5) is 8.78 Å². The van der Waals surface area contributed by atoms with Crippen LogP contribution < -0.4 is 10.1 Å². The number of nitrogens with one attached hydrogen (secondary N) is 1. The number of fused-ring (bicyclic) bond motifs is 1. The molecular formula is C16H15F2NO. The molecule has 3 rings (SSSR count). The molecule has 0 aliphatic carbocycles. The summed E-state index contributed by atoms with van der Waals surface area (Å²) in [6, 6.07) is 9.53. The first-order valence-corrected chi connectivity index (χ1v) is 6.57. The Balaban J connectivity index is 2.00. The van der Waals surface area contributed by atoms with Gasteiger partial charge in [0.1, 0.15) is 11.9 Å². The highest BCUT2D eigenvalue weighted by atomic mass is 19.1. The van der Waals surface area contributed by atoms with E-state index in [0.717, 1.165) is 5.56 Å². The highest BCUT2D eigenvalue weighted by Gasteiger charge is 2.26. The summed E-state index contributed by atoms with van der Waals surface area (Å²) in [6.45, 7) is 0.656. The summed E-state index contributed by atoms with van der Waals surface area (Å²) in [5, 5.41) is 3.01. The van der Waals surface area contributed by atoms with E-state index in [1.54, 1.807) is 18.2 Å². The third kappa shape index (κ3) is 2.27. The first kappa shape index (κ1) is 13.1. The molecule has 1 heterocycles. The zero-order valence-corrected chi connectivity index (χ0v) is 11.1. The van der Waals surface area contributed by atoms with Crippen molar-refractivity contribution in [1.29, 1.82) is 0 Å².